The fourth-order valence-electron chi connectivity index (χ4n) is 3.76. The zero-order valence-corrected chi connectivity index (χ0v) is 24.6. The van der Waals surface area contributed by atoms with Crippen LogP contribution in [0.5, 0.6) is 5.75 Å². The van der Waals surface area contributed by atoms with Crippen molar-refractivity contribution in [1.29, 1.82) is 0 Å². The van der Waals surface area contributed by atoms with Crippen LogP contribution >= 0.6 is 23.2 Å². The Morgan fingerprint density at radius 2 is 1.79 bits per heavy atom. The number of nitrogens with zero attached hydrogens (tertiary/aromatic N) is 3. The van der Waals surface area contributed by atoms with E-state index in [1.54, 1.807) is 25.1 Å². The number of amides is 2. The first-order valence-electron chi connectivity index (χ1n) is 12.0. The van der Waals surface area contributed by atoms with Crippen LogP contribution in [0.1, 0.15) is 32.8 Å². The number of carbonyl (C=O) groups is 2. The van der Waals surface area contributed by atoms with Gasteiger partial charge < -0.3 is 15.0 Å². The number of nitrogens with one attached hydrogen (secondary N) is 1. The van der Waals surface area contributed by atoms with Gasteiger partial charge in [-0.05, 0) is 36.1 Å². The summed E-state index contributed by atoms with van der Waals surface area (Å²) in [5.74, 6) is -0.950. The number of sulfonamides is 1. The SMILES string of the molecule is CC[C@H](C(=O)NCC(C)C)N(Cc1ccc(Cl)c(Cl)c1)C(=O)CN(c1cc([N+](=O)[O-])ccc1OC)S(C)(=O)=O. The zero-order valence-electron chi connectivity index (χ0n) is 22.3. The van der Waals surface area contributed by atoms with Gasteiger partial charge in [-0.2, -0.15) is 0 Å². The van der Waals surface area contributed by atoms with Gasteiger partial charge >= 0.3 is 0 Å². The molecular formula is C25H32Cl2N4O7S. The molecule has 0 unspecified atom stereocenters. The maximum Gasteiger partial charge on any atom is 0.271 e. The highest BCUT2D eigenvalue weighted by Crippen LogP contribution is 2.34. The van der Waals surface area contributed by atoms with E-state index in [0.29, 0.717) is 17.1 Å². The van der Waals surface area contributed by atoms with Crippen LogP contribution in [-0.2, 0) is 26.2 Å². The third-order valence-corrected chi connectivity index (χ3v) is 7.59. The Labute approximate surface area is 238 Å². The van der Waals surface area contributed by atoms with Gasteiger partial charge in [0.05, 0.1) is 28.3 Å². The molecule has 39 heavy (non-hydrogen) atoms. The Bertz CT molecular complexity index is 1320. The van der Waals surface area contributed by atoms with E-state index in [0.717, 1.165) is 22.7 Å². The third kappa shape index (κ3) is 8.70. The van der Waals surface area contributed by atoms with Crippen molar-refractivity contribution in [3.8, 4) is 5.75 Å². The summed E-state index contributed by atoms with van der Waals surface area (Å²) in [4.78, 5) is 38.9. The van der Waals surface area contributed by atoms with Crippen LogP contribution in [0.3, 0.4) is 0 Å². The van der Waals surface area contributed by atoms with Gasteiger partial charge in [0.2, 0.25) is 21.8 Å². The highest BCUT2D eigenvalue weighted by Gasteiger charge is 2.33. The third-order valence-electron chi connectivity index (χ3n) is 5.73. The molecule has 0 aliphatic carbocycles. The number of non-ortho nitro benzene ring substituents is 1. The summed E-state index contributed by atoms with van der Waals surface area (Å²) in [5, 5.41) is 14.8. The first-order valence-corrected chi connectivity index (χ1v) is 14.6. The Balaban J connectivity index is 2.57. The summed E-state index contributed by atoms with van der Waals surface area (Å²) in [6, 6.07) is 7.23. The number of methoxy groups -OCH3 is 1. The first-order chi connectivity index (χ1) is 18.2. The molecule has 0 aromatic heterocycles. The lowest BCUT2D eigenvalue weighted by molar-refractivity contribution is -0.384. The number of hydrogen-bond donors (Lipinski definition) is 1. The Morgan fingerprint density at radius 1 is 1.13 bits per heavy atom. The second kappa shape index (κ2) is 13.8. The average Bonchev–Trinajstić information content (AvgIpc) is 2.86. The number of anilines is 1. The van der Waals surface area contributed by atoms with E-state index >= 15 is 0 Å². The molecule has 0 radical (unpaired) electrons. The van der Waals surface area contributed by atoms with E-state index in [1.165, 1.54) is 18.1 Å². The van der Waals surface area contributed by atoms with Gasteiger partial charge in [0.15, 0.2) is 0 Å². The van der Waals surface area contributed by atoms with Crippen LogP contribution in [-0.4, -0.2) is 62.6 Å². The highest BCUT2D eigenvalue weighted by atomic mass is 35.5. The van der Waals surface area contributed by atoms with Crippen LogP contribution in [0.4, 0.5) is 11.4 Å². The second-order valence-electron chi connectivity index (χ2n) is 9.22. The summed E-state index contributed by atoms with van der Waals surface area (Å²) >= 11 is 12.2. The predicted octanol–water partition coefficient (Wildman–Crippen LogP) is 4.26. The molecule has 11 nitrogen and oxygen atoms in total. The van der Waals surface area contributed by atoms with Gasteiger partial charge in [0.1, 0.15) is 24.0 Å². The molecular weight excluding hydrogens is 571 g/mol. The Hall–Kier alpha value is -3.09. The molecule has 0 fully saturated rings. The summed E-state index contributed by atoms with van der Waals surface area (Å²) in [5.41, 5.74) is -0.0138. The topological polar surface area (TPSA) is 139 Å². The van der Waals surface area contributed by atoms with Gasteiger partial charge in [-0.1, -0.05) is 50.0 Å². The molecule has 0 spiro atoms. The molecule has 1 N–H and O–H groups in total. The molecule has 214 valence electrons. The smallest absolute Gasteiger partial charge is 0.271 e. The minimum absolute atomic E-state index is 0.0107. The van der Waals surface area contributed by atoms with Crippen molar-refractivity contribution in [2.75, 3.05) is 30.8 Å². The molecule has 2 aromatic carbocycles. The molecule has 0 aliphatic heterocycles. The van der Waals surface area contributed by atoms with Crippen molar-refractivity contribution < 1.29 is 27.7 Å². The normalized spacial score (nSPS) is 12.1. The van der Waals surface area contributed by atoms with Crippen molar-refractivity contribution >= 4 is 56.4 Å². The summed E-state index contributed by atoms with van der Waals surface area (Å²) in [7, 11) is -2.86. The standard InChI is InChI=1S/C25H32Cl2N4O7S/c1-6-21(25(33)28-13-16(2)3)29(14-17-7-9-19(26)20(27)11-17)24(32)15-30(39(5,36)37)22-12-18(31(34)35)8-10-23(22)38-4/h7-12,16,21H,6,13-15H2,1-5H3,(H,28,33)/t21-/m1/s1. The van der Waals surface area contributed by atoms with E-state index in [-0.39, 0.29) is 41.0 Å². The van der Waals surface area contributed by atoms with Crippen molar-refractivity contribution in [2.24, 2.45) is 5.92 Å². The fraction of sp³-hybridized carbons (Fsp3) is 0.440. The lowest BCUT2D eigenvalue weighted by Gasteiger charge is -2.33. The maximum absolute atomic E-state index is 13.8. The molecule has 0 bridgehead atoms. The molecule has 2 rings (SSSR count). The summed E-state index contributed by atoms with van der Waals surface area (Å²) in [6.07, 6.45) is 1.10. The number of benzene rings is 2. The molecule has 1 atom stereocenters. The van der Waals surface area contributed by atoms with Crippen LogP contribution < -0.4 is 14.4 Å². The first kappa shape index (κ1) is 32.1. The molecule has 0 saturated carbocycles. The van der Waals surface area contributed by atoms with E-state index < -0.39 is 39.3 Å². The zero-order chi connectivity index (χ0) is 29.5. The quantitative estimate of drug-likeness (QED) is 0.267. The average molecular weight is 604 g/mol. The lowest BCUT2D eigenvalue weighted by atomic mass is 10.1. The molecule has 14 heteroatoms. The van der Waals surface area contributed by atoms with Gasteiger partial charge in [0.25, 0.3) is 5.69 Å². The Kier molecular flexibility index (Phi) is 11.4. The predicted molar refractivity (Wildman–Crippen MR) is 151 cm³/mol. The number of hydrogen-bond acceptors (Lipinski definition) is 7. The maximum atomic E-state index is 13.8. The number of nitro benzene ring substituents is 1. The second-order valence-corrected chi connectivity index (χ2v) is 11.9. The van der Waals surface area contributed by atoms with E-state index in [9.17, 15) is 28.1 Å². The highest BCUT2D eigenvalue weighted by molar-refractivity contribution is 7.92. The van der Waals surface area contributed by atoms with Gasteiger partial charge in [-0.15, -0.1) is 0 Å². The number of nitro groups is 1. The van der Waals surface area contributed by atoms with Crippen molar-refractivity contribution in [3.05, 3.63) is 62.1 Å². The van der Waals surface area contributed by atoms with Crippen molar-refractivity contribution in [3.63, 3.8) is 0 Å². The van der Waals surface area contributed by atoms with Crippen molar-refractivity contribution in [1.82, 2.24) is 10.2 Å². The minimum Gasteiger partial charge on any atom is -0.495 e. The number of rotatable bonds is 13. The van der Waals surface area contributed by atoms with Gasteiger partial charge in [-0.3, -0.25) is 24.0 Å². The molecule has 2 amide bonds. The largest absolute Gasteiger partial charge is 0.495 e. The molecule has 0 heterocycles. The fourth-order valence-corrected chi connectivity index (χ4v) is 4.92. The molecule has 2 aromatic rings. The molecule has 0 saturated heterocycles. The summed E-state index contributed by atoms with van der Waals surface area (Å²) < 4.78 is 31.7. The lowest BCUT2D eigenvalue weighted by Crippen LogP contribution is -2.52. The van der Waals surface area contributed by atoms with E-state index in [1.807, 2.05) is 13.8 Å². The number of ether oxygens (including phenoxy) is 1. The van der Waals surface area contributed by atoms with Crippen LogP contribution in [0.2, 0.25) is 10.0 Å². The molecule has 0 aliphatic rings. The van der Waals surface area contributed by atoms with Crippen LogP contribution in [0, 0.1) is 16.0 Å². The minimum atomic E-state index is -4.14. The summed E-state index contributed by atoms with van der Waals surface area (Å²) in [6.45, 7) is 5.14. The Morgan fingerprint density at radius 3 is 2.31 bits per heavy atom. The van der Waals surface area contributed by atoms with Gasteiger partial charge in [0, 0.05) is 25.2 Å². The van der Waals surface area contributed by atoms with Crippen LogP contribution in [0.15, 0.2) is 36.4 Å². The van der Waals surface area contributed by atoms with E-state index in [2.05, 4.69) is 5.32 Å². The van der Waals surface area contributed by atoms with Crippen molar-refractivity contribution in [2.45, 2.75) is 39.8 Å². The van der Waals surface area contributed by atoms with Crippen LogP contribution in [0.25, 0.3) is 0 Å². The monoisotopic (exact) mass is 602 g/mol. The number of halogens is 2. The van der Waals surface area contributed by atoms with E-state index in [4.69, 9.17) is 27.9 Å². The van der Waals surface area contributed by atoms with Gasteiger partial charge in [-0.25, -0.2) is 8.42 Å². The number of carbonyl (C=O) groups excluding carboxylic acids is 2.